The minimum atomic E-state index is -3.99. The summed E-state index contributed by atoms with van der Waals surface area (Å²) >= 11 is 0. The maximum absolute atomic E-state index is 14.5. The van der Waals surface area contributed by atoms with Crippen molar-refractivity contribution >= 4 is 27.5 Å². The molecule has 0 spiro atoms. The van der Waals surface area contributed by atoms with Gasteiger partial charge < -0.3 is 15.0 Å². The normalized spacial score (nSPS) is 12.0. The van der Waals surface area contributed by atoms with Crippen LogP contribution < -0.4 is 14.4 Å². The Labute approximate surface area is 207 Å². The summed E-state index contributed by atoms with van der Waals surface area (Å²) < 4.78 is 45.4. The highest BCUT2D eigenvalue weighted by atomic mass is 32.2. The van der Waals surface area contributed by atoms with Crippen molar-refractivity contribution < 1.29 is 27.1 Å². The van der Waals surface area contributed by atoms with Gasteiger partial charge >= 0.3 is 0 Å². The molecular formula is C25H34FN3O5S. The topological polar surface area (TPSA) is 96.0 Å². The van der Waals surface area contributed by atoms with Crippen LogP contribution >= 0.6 is 0 Å². The fraction of sp³-hybridized carbons (Fsp3) is 0.440. The van der Waals surface area contributed by atoms with Gasteiger partial charge in [-0.25, -0.2) is 12.8 Å². The molecule has 0 fully saturated rings. The summed E-state index contributed by atoms with van der Waals surface area (Å²) in [6.45, 7) is 3.68. The molecule has 0 bridgehead atoms. The Bertz CT molecular complexity index is 1090. The average Bonchev–Trinajstić information content (AvgIpc) is 2.82. The summed E-state index contributed by atoms with van der Waals surface area (Å²) in [4.78, 5) is 27.9. The number of sulfonamides is 1. The molecule has 0 unspecified atom stereocenters. The zero-order valence-electron chi connectivity index (χ0n) is 20.7. The van der Waals surface area contributed by atoms with E-state index in [1.54, 1.807) is 38.3 Å². The van der Waals surface area contributed by atoms with Crippen LogP contribution in [0.1, 0.15) is 38.7 Å². The molecule has 0 saturated carbocycles. The summed E-state index contributed by atoms with van der Waals surface area (Å²) in [6, 6.07) is 11.5. The van der Waals surface area contributed by atoms with E-state index in [-0.39, 0.29) is 18.1 Å². The van der Waals surface area contributed by atoms with Gasteiger partial charge in [0.25, 0.3) is 0 Å². The molecule has 192 valence electrons. The van der Waals surface area contributed by atoms with E-state index in [0.717, 1.165) is 35.0 Å². The van der Waals surface area contributed by atoms with Gasteiger partial charge in [0.05, 0.1) is 19.1 Å². The van der Waals surface area contributed by atoms with E-state index in [4.69, 9.17) is 4.74 Å². The van der Waals surface area contributed by atoms with Gasteiger partial charge in [-0.15, -0.1) is 0 Å². The molecule has 0 aliphatic rings. The lowest BCUT2D eigenvalue weighted by Gasteiger charge is -2.33. The first-order valence-corrected chi connectivity index (χ1v) is 13.4. The van der Waals surface area contributed by atoms with E-state index in [1.165, 1.54) is 23.1 Å². The number of nitrogens with one attached hydrogen (secondary N) is 1. The Morgan fingerprint density at radius 1 is 1.09 bits per heavy atom. The lowest BCUT2D eigenvalue weighted by atomic mass is 10.1. The molecule has 10 heteroatoms. The number of hydrogen-bond donors (Lipinski definition) is 1. The van der Waals surface area contributed by atoms with Crippen molar-refractivity contribution in [3.8, 4) is 5.75 Å². The van der Waals surface area contributed by atoms with E-state index in [0.29, 0.717) is 18.7 Å². The molecule has 0 radical (unpaired) electrons. The van der Waals surface area contributed by atoms with Gasteiger partial charge in [0.1, 0.15) is 24.2 Å². The lowest BCUT2D eigenvalue weighted by Crippen LogP contribution is -2.52. The monoisotopic (exact) mass is 507 g/mol. The number of halogens is 1. The maximum atomic E-state index is 14.5. The van der Waals surface area contributed by atoms with Crippen molar-refractivity contribution in [2.24, 2.45) is 0 Å². The van der Waals surface area contributed by atoms with Crippen LogP contribution in [0.25, 0.3) is 0 Å². The van der Waals surface area contributed by atoms with Crippen molar-refractivity contribution in [1.82, 2.24) is 10.2 Å². The van der Waals surface area contributed by atoms with Gasteiger partial charge in [-0.3, -0.25) is 13.9 Å². The predicted molar refractivity (Wildman–Crippen MR) is 134 cm³/mol. The van der Waals surface area contributed by atoms with Crippen LogP contribution in [0.4, 0.5) is 10.1 Å². The predicted octanol–water partition coefficient (Wildman–Crippen LogP) is 3.32. The zero-order valence-corrected chi connectivity index (χ0v) is 21.5. The average molecular weight is 508 g/mol. The van der Waals surface area contributed by atoms with Crippen molar-refractivity contribution in [2.75, 3.05) is 30.8 Å². The Hall–Kier alpha value is -3.14. The largest absolute Gasteiger partial charge is 0.497 e. The van der Waals surface area contributed by atoms with Gasteiger partial charge in [-0.05, 0) is 42.7 Å². The summed E-state index contributed by atoms with van der Waals surface area (Å²) in [5.74, 6) is -1.07. The quantitative estimate of drug-likeness (QED) is 0.420. The molecule has 0 saturated heterocycles. The van der Waals surface area contributed by atoms with Crippen molar-refractivity contribution in [3.05, 3.63) is 59.9 Å². The van der Waals surface area contributed by atoms with Crippen LogP contribution in [0.5, 0.6) is 5.75 Å². The Morgan fingerprint density at radius 2 is 1.74 bits per heavy atom. The smallest absolute Gasteiger partial charge is 0.244 e. The van der Waals surface area contributed by atoms with Crippen LogP contribution in [0.3, 0.4) is 0 Å². The van der Waals surface area contributed by atoms with Crippen LogP contribution in [0, 0.1) is 5.82 Å². The first kappa shape index (κ1) is 28.1. The van der Waals surface area contributed by atoms with E-state index < -0.39 is 34.3 Å². The number of carbonyl (C=O) groups is 2. The number of rotatable bonds is 13. The molecule has 35 heavy (non-hydrogen) atoms. The fourth-order valence-electron chi connectivity index (χ4n) is 3.60. The SMILES string of the molecule is CCCCNC(=O)[C@@H](CC)N(Cc1ccc(OC)cc1)C(=O)CN(c1ccccc1F)S(C)(=O)=O. The highest BCUT2D eigenvalue weighted by Gasteiger charge is 2.32. The summed E-state index contributed by atoms with van der Waals surface area (Å²) in [5.41, 5.74) is 0.504. The number of nitrogens with zero attached hydrogens (tertiary/aromatic N) is 2. The van der Waals surface area contributed by atoms with Gasteiger partial charge in [0.2, 0.25) is 21.8 Å². The van der Waals surface area contributed by atoms with Crippen molar-refractivity contribution in [1.29, 1.82) is 0 Å². The van der Waals surface area contributed by atoms with Gasteiger partial charge in [0.15, 0.2) is 0 Å². The number of methoxy groups -OCH3 is 1. The molecule has 0 aromatic heterocycles. The third-order valence-corrected chi connectivity index (χ3v) is 6.65. The van der Waals surface area contributed by atoms with Crippen molar-refractivity contribution in [3.63, 3.8) is 0 Å². The molecule has 2 aromatic carbocycles. The number of para-hydroxylation sites is 1. The van der Waals surface area contributed by atoms with Crippen molar-refractivity contribution in [2.45, 2.75) is 45.7 Å². The second-order valence-corrected chi connectivity index (χ2v) is 10.1. The number of unbranched alkanes of at least 4 members (excludes halogenated alkanes) is 1. The van der Waals surface area contributed by atoms with Crippen LogP contribution in [-0.4, -0.2) is 57.6 Å². The number of ether oxygens (including phenoxy) is 1. The molecule has 0 aliphatic heterocycles. The van der Waals surface area contributed by atoms with E-state index in [2.05, 4.69) is 5.32 Å². The van der Waals surface area contributed by atoms with E-state index in [1.807, 2.05) is 6.92 Å². The van der Waals surface area contributed by atoms with E-state index >= 15 is 0 Å². The number of amides is 2. The second kappa shape index (κ2) is 13.1. The van der Waals surface area contributed by atoms with Crippen LogP contribution in [0.2, 0.25) is 0 Å². The highest BCUT2D eigenvalue weighted by Crippen LogP contribution is 2.23. The standard InChI is InChI=1S/C25H34FN3O5S/c1-5-7-16-27-25(31)22(6-2)28(17-19-12-14-20(34-3)15-13-19)24(30)18-29(35(4,32)33)23-11-9-8-10-21(23)26/h8-15,22H,5-7,16-18H2,1-4H3,(H,27,31)/t22-/m1/s1. The van der Waals surface area contributed by atoms with Crippen LogP contribution in [0.15, 0.2) is 48.5 Å². The Kier molecular flexibility index (Phi) is 10.5. The molecule has 8 nitrogen and oxygen atoms in total. The first-order valence-electron chi connectivity index (χ1n) is 11.5. The molecule has 0 aliphatic carbocycles. The number of carbonyl (C=O) groups excluding carboxylic acids is 2. The lowest BCUT2D eigenvalue weighted by molar-refractivity contribution is -0.140. The Balaban J connectivity index is 2.41. The Morgan fingerprint density at radius 3 is 2.29 bits per heavy atom. The van der Waals surface area contributed by atoms with E-state index in [9.17, 15) is 22.4 Å². The van der Waals surface area contributed by atoms with Gasteiger partial charge in [-0.1, -0.05) is 44.5 Å². The van der Waals surface area contributed by atoms with Gasteiger partial charge in [0, 0.05) is 13.1 Å². The third-order valence-electron chi connectivity index (χ3n) is 5.53. The minimum Gasteiger partial charge on any atom is -0.497 e. The summed E-state index contributed by atoms with van der Waals surface area (Å²) in [5, 5.41) is 2.85. The fourth-order valence-corrected chi connectivity index (χ4v) is 4.45. The third kappa shape index (κ3) is 7.95. The first-order chi connectivity index (χ1) is 16.6. The van der Waals surface area contributed by atoms with Crippen LogP contribution in [-0.2, 0) is 26.2 Å². The molecule has 2 amide bonds. The number of anilines is 1. The number of hydrogen-bond acceptors (Lipinski definition) is 5. The summed E-state index contributed by atoms with van der Waals surface area (Å²) in [7, 11) is -2.45. The highest BCUT2D eigenvalue weighted by molar-refractivity contribution is 7.92. The summed E-state index contributed by atoms with van der Waals surface area (Å²) in [6.07, 6.45) is 2.93. The molecule has 2 aromatic rings. The molecule has 0 heterocycles. The molecule has 1 atom stereocenters. The number of benzene rings is 2. The molecule has 2 rings (SSSR count). The molecular weight excluding hydrogens is 473 g/mol. The molecule has 1 N–H and O–H groups in total. The van der Waals surface area contributed by atoms with Gasteiger partial charge in [-0.2, -0.15) is 0 Å². The zero-order chi connectivity index (χ0) is 26.0. The minimum absolute atomic E-state index is 0.0669. The maximum Gasteiger partial charge on any atom is 0.244 e. The second-order valence-electron chi connectivity index (χ2n) is 8.16.